The minimum atomic E-state index is -4.95. The number of nitrogens with zero attached hydrogens (tertiary/aromatic N) is 4. The number of esters is 2. The molecule has 54 heavy (non-hydrogen) atoms. The van der Waals surface area contributed by atoms with Crippen molar-refractivity contribution in [3.8, 4) is 11.3 Å². The highest BCUT2D eigenvalue weighted by molar-refractivity contribution is 9.10. The summed E-state index contributed by atoms with van der Waals surface area (Å²) in [6, 6.07) is 17.6. The monoisotopic (exact) mass is 850 g/mol. The Morgan fingerprint density at radius 1 is 0.907 bits per heavy atom. The highest BCUT2D eigenvalue weighted by atomic mass is 79.9. The Morgan fingerprint density at radius 3 is 2.11 bits per heavy atom. The van der Waals surface area contributed by atoms with Crippen LogP contribution in [-0.4, -0.2) is 78.9 Å². The van der Waals surface area contributed by atoms with E-state index in [9.17, 15) is 37.1 Å². The lowest BCUT2D eigenvalue weighted by Crippen LogP contribution is -2.58. The zero-order chi connectivity index (χ0) is 38.4. The average molecular weight is 852 g/mol. The molecule has 1 aliphatic rings. The number of aromatic nitrogens is 4. The van der Waals surface area contributed by atoms with Gasteiger partial charge in [0.25, 0.3) is 0 Å². The fraction of sp³-hybridized carbons (Fsp3) is 0.206. The number of carbonyl (C=O) groups excluding carboxylic acids is 2. The number of hydrogen-bond acceptors (Lipinski definition) is 12. The van der Waals surface area contributed by atoms with Crippen molar-refractivity contribution in [1.29, 1.82) is 0 Å². The summed E-state index contributed by atoms with van der Waals surface area (Å²) in [5.41, 5.74) is -1.23. The smallest absolute Gasteiger partial charge is 0.453 e. The molecule has 0 amide bonds. The minimum absolute atomic E-state index is 0.117. The quantitative estimate of drug-likeness (QED) is 0.0455. The summed E-state index contributed by atoms with van der Waals surface area (Å²) in [5.74, 6) is -6.33. The molecule has 282 valence electrons. The first kappa shape index (κ1) is 39.2. The van der Waals surface area contributed by atoms with Crippen LogP contribution in [0.5, 0.6) is 0 Å². The summed E-state index contributed by atoms with van der Waals surface area (Å²) in [7, 11) is -4.95. The van der Waals surface area contributed by atoms with Crippen molar-refractivity contribution in [2.45, 2.75) is 34.7 Å². The molecule has 6 rings (SSSR count). The lowest BCUT2D eigenvalue weighted by atomic mass is 9.96. The molecule has 1 saturated heterocycles. The molecule has 0 aliphatic carbocycles. The highest BCUT2D eigenvalue weighted by Crippen LogP contribution is 2.42. The summed E-state index contributed by atoms with van der Waals surface area (Å²) in [4.78, 5) is 50.5. The molecule has 0 bridgehead atoms. The Morgan fingerprint density at radius 2 is 1.52 bits per heavy atom. The Hall–Kier alpha value is -4.46. The molecular formula is C34H27BrF3N4O10PS. The fourth-order valence-electron chi connectivity index (χ4n) is 5.35. The second-order valence-electron chi connectivity index (χ2n) is 11.4. The number of rotatable bonds is 13. The second kappa shape index (κ2) is 17.3. The van der Waals surface area contributed by atoms with Crippen LogP contribution in [0.3, 0.4) is 0 Å². The number of ether oxygens (including phenoxy) is 4. The lowest BCUT2D eigenvalue weighted by molar-refractivity contribution is -0.191. The Kier molecular flexibility index (Phi) is 12.6. The normalized spacial score (nSPS) is 20.0. The molecule has 14 nitrogen and oxygen atoms in total. The van der Waals surface area contributed by atoms with E-state index in [-0.39, 0.29) is 22.4 Å². The van der Waals surface area contributed by atoms with Crippen LogP contribution in [0, 0.1) is 17.5 Å². The molecular weight excluding hydrogens is 824 g/mol. The molecule has 5 atom stereocenters. The van der Waals surface area contributed by atoms with Crippen molar-refractivity contribution in [2.75, 3.05) is 13.4 Å². The summed E-state index contributed by atoms with van der Waals surface area (Å²) < 4.78 is 84.0. The Bertz CT molecular complexity index is 2130. The van der Waals surface area contributed by atoms with E-state index in [2.05, 4.69) is 35.7 Å². The van der Waals surface area contributed by atoms with Crippen LogP contribution in [0.4, 0.5) is 13.2 Å². The topological polar surface area (TPSA) is 181 Å². The van der Waals surface area contributed by atoms with Gasteiger partial charge in [0.05, 0.1) is 23.9 Å². The van der Waals surface area contributed by atoms with Gasteiger partial charge in [0, 0.05) is 27.3 Å². The van der Waals surface area contributed by atoms with E-state index in [4.69, 9.17) is 18.9 Å². The number of pyridine rings is 1. The van der Waals surface area contributed by atoms with Gasteiger partial charge in [-0.05, 0) is 58.4 Å². The van der Waals surface area contributed by atoms with Gasteiger partial charge in [0.15, 0.2) is 36.5 Å². The molecule has 0 unspecified atom stereocenters. The predicted molar refractivity (Wildman–Crippen MR) is 186 cm³/mol. The maximum atomic E-state index is 14.3. The third kappa shape index (κ3) is 9.79. The Balaban J connectivity index is 1.47. The molecule has 3 heterocycles. The predicted octanol–water partition coefficient (Wildman–Crippen LogP) is 6.11. The number of phosphoric acid groups is 1. The largest absolute Gasteiger partial charge is 0.471 e. The van der Waals surface area contributed by atoms with Crippen molar-refractivity contribution in [3.05, 3.63) is 131 Å². The number of halogens is 4. The van der Waals surface area contributed by atoms with Crippen molar-refractivity contribution >= 4 is 47.5 Å². The van der Waals surface area contributed by atoms with Crippen LogP contribution in [0.1, 0.15) is 26.8 Å². The van der Waals surface area contributed by atoms with Crippen LogP contribution in [0.25, 0.3) is 11.3 Å². The third-order valence-electron chi connectivity index (χ3n) is 7.74. The van der Waals surface area contributed by atoms with Gasteiger partial charge < -0.3 is 28.7 Å². The van der Waals surface area contributed by atoms with Crippen molar-refractivity contribution in [2.24, 2.45) is 0 Å². The maximum Gasteiger partial charge on any atom is 0.471 e. The van der Waals surface area contributed by atoms with Crippen LogP contribution in [0.2, 0.25) is 0 Å². The molecule has 0 radical (unpaired) electrons. The van der Waals surface area contributed by atoms with E-state index in [1.807, 2.05) is 0 Å². The van der Waals surface area contributed by atoms with E-state index in [1.165, 1.54) is 42.9 Å². The molecule has 1 fully saturated rings. The first-order chi connectivity index (χ1) is 25.9. The zero-order valence-electron chi connectivity index (χ0n) is 27.4. The summed E-state index contributed by atoms with van der Waals surface area (Å²) in [6.07, 6.45) is 0.114. The van der Waals surface area contributed by atoms with E-state index in [0.29, 0.717) is 21.5 Å². The van der Waals surface area contributed by atoms with Gasteiger partial charge in [-0.2, -0.15) is 0 Å². The van der Waals surface area contributed by atoms with Gasteiger partial charge in [-0.3, -0.25) is 9.51 Å². The van der Waals surface area contributed by atoms with E-state index < -0.39 is 80.4 Å². The van der Waals surface area contributed by atoms with E-state index >= 15 is 0 Å². The summed E-state index contributed by atoms with van der Waals surface area (Å²) in [5, 5.41) is 8.21. The van der Waals surface area contributed by atoms with E-state index in [1.54, 1.807) is 42.5 Å². The standard InChI is InChI=1S/C34H27BrF3N4O10PS/c35-22-13-23(15-39-14-22)54-34-31(52-33(44)20-9-5-2-6-10-20)29(42-16-26(40-41-42)21-11-24(36)28(38)25(37)12-21)30(51-32(43)19-7-3-1-4-8-19)27(50-34)17-48-18-49-53(45,46)47/h1-16,27,29-31,34H,17-18H2,(H2,45,46,47)/t27-,29+,30+,31-,34-/m1/s1. The van der Waals surface area contributed by atoms with Crippen molar-refractivity contribution in [1.82, 2.24) is 20.0 Å². The molecule has 2 N–H and O–H groups in total. The van der Waals surface area contributed by atoms with Gasteiger partial charge in [-0.1, -0.05) is 53.4 Å². The van der Waals surface area contributed by atoms with Gasteiger partial charge in [0.1, 0.15) is 23.3 Å². The van der Waals surface area contributed by atoms with Crippen LogP contribution < -0.4 is 0 Å². The summed E-state index contributed by atoms with van der Waals surface area (Å²) >= 11 is 4.42. The number of carbonyl (C=O) groups is 2. The first-order valence-electron chi connectivity index (χ1n) is 15.7. The fourth-order valence-corrected chi connectivity index (χ4v) is 7.21. The maximum absolute atomic E-state index is 14.3. The molecule has 2 aromatic heterocycles. The number of hydrogen-bond donors (Lipinski definition) is 2. The zero-order valence-corrected chi connectivity index (χ0v) is 30.7. The SMILES string of the molecule is O=C(O[C@@H]1[C@@H](n2cc(-c3cc(F)c(F)c(F)c3)nn2)[C@@H](OC(=O)c2ccccc2)[C@@H](COCOP(=O)(O)O)O[C@@H]1Sc1cncc(Br)c1)c1ccccc1. The number of phosphoric ester groups is 1. The number of thioether (sulfide) groups is 1. The molecule has 20 heteroatoms. The molecule has 1 aliphatic heterocycles. The summed E-state index contributed by atoms with van der Waals surface area (Å²) in [6.45, 7) is -1.41. The van der Waals surface area contributed by atoms with Crippen LogP contribution >= 0.6 is 35.5 Å². The molecule has 0 saturated carbocycles. The molecule has 3 aromatic carbocycles. The van der Waals surface area contributed by atoms with Crippen molar-refractivity contribution in [3.63, 3.8) is 0 Å². The van der Waals surface area contributed by atoms with Gasteiger partial charge >= 0.3 is 19.8 Å². The molecule has 5 aromatic rings. The van der Waals surface area contributed by atoms with Crippen LogP contribution in [0.15, 0.2) is 107 Å². The number of benzene rings is 3. The first-order valence-corrected chi connectivity index (χ1v) is 18.9. The van der Waals surface area contributed by atoms with Gasteiger partial charge in [-0.15, -0.1) is 5.10 Å². The van der Waals surface area contributed by atoms with Gasteiger partial charge in [0.2, 0.25) is 0 Å². The lowest BCUT2D eigenvalue weighted by Gasteiger charge is -2.45. The molecule has 0 spiro atoms. The van der Waals surface area contributed by atoms with Crippen LogP contribution in [-0.2, 0) is 28.0 Å². The van der Waals surface area contributed by atoms with E-state index in [0.717, 1.165) is 16.4 Å². The van der Waals surface area contributed by atoms with Crippen molar-refractivity contribution < 1.29 is 60.6 Å². The highest BCUT2D eigenvalue weighted by Gasteiger charge is 2.52. The van der Waals surface area contributed by atoms with Gasteiger partial charge in [-0.25, -0.2) is 32.0 Å². The minimum Gasteiger partial charge on any atom is -0.453 e. The average Bonchev–Trinajstić information content (AvgIpc) is 3.64. The third-order valence-corrected chi connectivity index (χ3v) is 9.72. The Labute approximate surface area is 316 Å². The second-order valence-corrected chi connectivity index (χ2v) is 14.7.